The molecule has 0 atom stereocenters. The Morgan fingerprint density at radius 2 is 1.85 bits per heavy atom. The number of carbonyl (C=O) groups excluding carboxylic acids is 1. The maximum absolute atomic E-state index is 12.9. The third kappa shape index (κ3) is 4.90. The summed E-state index contributed by atoms with van der Waals surface area (Å²) in [7, 11) is 0. The largest absolute Gasteiger partial charge is 0.486 e. The predicted molar refractivity (Wildman–Crippen MR) is 97.9 cm³/mol. The van der Waals surface area contributed by atoms with Gasteiger partial charge in [0.15, 0.2) is 0 Å². The molecule has 0 aliphatic rings. The van der Waals surface area contributed by atoms with Crippen molar-refractivity contribution in [2.24, 2.45) is 0 Å². The van der Waals surface area contributed by atoms with Gasteiger partial charge in [-0.05, 0) is 48.9 Å². The summed E-state index contributed by atoms with van der Waals surface area (Å²) in [4.78, 5) is 17.0. The van der Waals surface area contributed by atoms with Crippen molar-refractivity contribution in [3.8, 4) is 11.8 Å². The monoisotopic (exact) mass is 382 g/mol. The van der Waals surface area contributed by atoms with Gasteiger partial charge in [0.25, 0.3) is 0 Å². The van der Waals surface area contributed by atoms with E-state index < -0.39 is 5.97 Å². The fraction of sp³-hybridized carbons (Fsp3) is 0.150. The Bertz CT molecular complexity index is 976. The van der Waals surface area contributed by atoms with Crippen molar-refractivity contribution < 1.29 is 18.7 Å². The number of benzene rings is 2. The number of ether oxygens (including phenoxy) is 2. The zero-order valence-electron chi connectivity index (χ0n) is 14.4. The molecule has 1 heterocycles. The van der Waals surface area contributed by atoms with E-state index >= 15 is 0 Å². The Balaban J connectivity index is 1.58. The molecule has 1 aromatic heterocycles. The van der Waals surface area contributed by atoms with Gasteiger partial charge in [0.1, 0.15) is 34.7 Å². The van der Waals surface area contributed by atoms with Gasteiger partial charge in [-0.1, -0.05) is 12.1 Å². The van der Waals surface area contributed by atoms with Crippen molar-refractivity contribution in [1.82, 2.24) is 4.98 Å². The summed E-state index contributed by atoms with van der Waals surface area (Å²) in [6.45, 7) is 2.03. The van der Waals surface area contributed by atoms with Crippen LogP contribution in [0.25, 0.3) is 0 Å². The number of aryl methyl sites for hydroxylation is 1. The lowest BCUT2D eigenvalue weighted by Crippen LogP contribution is -2.04. The number of rotatable bonds is 6. The summed E-state index contributed by atoms with van der Waals surface area (Å²) < 4.78 is 23.8. The minimum Gasteiger partial charge on any atom is -0.486 e. The van der Waals surface area contributed by atoms with Crippen LogP contribution < -0.4 is 4.74 Å². The molecular weight excluding hydrogens is 367 g/mol. The van der Waals surface area contributed by atoms with Crippen LogP contribution in [0.2, 0.25) is 0 Å². The third-order valence-electron chi connectivity index (χ3n) is 3.66. The van der Waals surface area contributed by atoms with E-state index in [2.05, 4.69) is 4.98 Å². The molecule has 0 unspecified atom stereocenters. The highest BCUT2D eigenvalue weighted by atomic mass is 32.1. The van der Waals surface area contributed by atoms with Crippen molar-refractivity contribution >= 4 is 17.3 Å². The lowest BCUT2D eigenvalue weighted by Gasteiger charge is -2.04. The number of nitriles is 1. The molecule has 0 aliphatic heterocycles. The standard InChI is InChI=1S/C20H15FN2O3S/c1-13-19(20(24)26-11-15-4-2-14(10-22)3-5-15)27-18(23-13)12-25-17-8-6-16(21)7-9-17/h2-9H,11-12H2,1H3. The molecule has 0 amide bonds. The van der Waals surface area contributed by atoms with E-state index in [1.807, 2.05) is 6.07 Å². The first-order valence-electron chi connectivity index (χ1n) is 8.06. The molecule has 0 saturated heterocycles. The summed E-state index contributed by atoms with van der Waals surface area (Å²) in [5.41, 5.74) is 1.92. The SMILES string of the molecule is Cc1nc(COc2ccc(F)cc2)sc1C(=O)OCc1ccc(C#N)cc1. The van der Waals surface area contributed by atoms with Crippen molar-refractivity contribution in [3.63, 3.8) is 0 Å². The number of aromatic nitrogens is 1. The number of hydrogen-bond acceptors (Lipinski definition) is 6. The molecule has 0 radical (unpaired) electrons. The molecule has 0 bridgehead atoms. The second kappa shape index (κ2) is 8.43. The highest BCUT2D eigenvalue weighted by Crippen LogP contribution is 2.22. The Morgan fingerprint density at radius 1 is 1.15 bits per heavy atom. The molecule has 3 aromatic rings. The summed E-state index contributed by atoms with van der Waals surface area (Å²) in [5.74, 6) is -0.267. The zero-order chi connectivity index (χ0) is 19.2. The van der Waals surface area contributed by atoms with Crippen LogP contribution in [-0.4, -0.2) is 11.0 Å². The van der Waals surface area contributed by atoms with Crippen molar-refractivity contribution in [1.29, 1.82) is 5.26 Å². The van der Waals surface area contributed by atoms with E-state index in [0.29, 0.717) is 26.9 Å². The van der Waals surface area contributed by atoms with Gasteiger partial charge in [0, 0.05) is 0 Å². The van der Waals surface area contributed by atoms with Gasteiger partial charge in [-0.3, -0.25) is 0 Å². The van der Waals surface area contributed by atoms with Gasteiger partial charge in [-0.25, -0.2) is 14.2 Å². The van der Waals surface area contributed by atoms with Crippen LogP contribution in [0.15, 0.2) is 48.5 Å². The average molecular weight is 382 g/mol. The Kier molecular flexibility index (Phi) is 5.79. The number of thiazole rings is 1. The van der Waals surface area contributed by atoms with E-state index in [1.165, 1.54) is 35.6 Å². The van der Waals surface area contributed by atoms with Crippen LogP contribution in [0.4, 0.5) is 4.39 Å². The fourth-order valence-corrected chi connectivity index (χ4v) is 3.14. The highest BCUT2D eigenvalue weighted by Gasteiger charge is 2.17. The minimum atomic E-state index is -0.456. The lowest BCUT2D eigenvalue weighted by atomic mass is 10.2. The molecule has 2 aromatic carbocycles. The van der Waals surface area contributed by atoms with E-state index in [-0.39, 0.29) is 19.0 Å². The van der Waals surface area contributed by atoms with Gasteiger partial charge in [0.05, 0.1) is 17.3 Å². The smallest absolute Gasteiger partial charge is 0.350 e. The quantitative estimate of drug-likeness (QED) is 0.591. The molecule has 27 heavy (non-hydrogen) atoms. The number of hydrogen-bond donors (Lipinski definition) is 0. The second-order valence-electron chi connectivity index (χ2n) is 5.65. The number of nitrogens with zero attached hydrogens (tertiary/aromatic N) is 2. The van der Waals surface area contributed by atoms with Crippen LogP contribution in [0, 0.1) is 24.1 Å². The number of halogens is 1. The molecule has 3 rings (SSSR count). The van der Waals surface area contributed by atoms with E-state index in [1.54, 1.807) is 31.2 Å². The van der Waals surface area contributed by atoms with Crippen LogP contribution in [0.3, 0.4) is 0 Å². The van der Waals surface area contributed by atoms with E-state index in [9.17, 15) is 9.18 Å². The highest BCUT2D eigenvalue weighted by molar-refractivity contribution is 7.13. The van der Waals surface area contributed by atoms with Crippen LogP contribution in [0.5, 0.6) is 5.75 Å². The van der Waals surface area contributed by atoms with Crippen LogP contribution in [0.1, 0.15) is 31.5 Å². The molecule has 136 valence electrons. The Morgan fingerprint density at radius 3 is 2.52 bits per heavy atom. The fourth-order valence-electron chi connectivity index (χ4n) is 2.27. The maximum Gasteiger partial charge on any atom is 0.350 e. The summed E-state index contributed by atoms with van der Waals surface area (Å²) in [6, 6.07) is 14.6. The van der Waals surface area contributed by atoms with Crippen LogP contribution in [-0.2, 0) is 18.0 Å². The first kappa shape index (κ1) is 18.5. The molecule has 0 N–H and O–H groups in total. The normalized spacial score (nSPS) is 10.3. The van der Waals surface area contributed by atoms with Gasteiger partial charge in [-0.2, -0.15) is 5.26 Å². The van der Waals surface area contributed by atoms with E-state index in [0.717, 1.165) is 5.56 Å². The molecule has 0 aliphatic carbocycles. The van der Waals surface area contributed by atoms with Gasteiger partial charge in [-0.15, -0.1) is 11.3 Å². The van der Waals surface area contributed by atoms with Crippen LogP contribution >= 0.6 is 11.3 Å². The predicted octanol–water partition coefficient (Wildman–Crippen LogP) is 4.40. The first-order valence-corrected chi connectivity index (χ1v) is 8.87. The Hall–Kier alpha value is -3.24. The average Bonchev–Trinajstić information content (AvgIpc) is 3.07. The number of carbonyl (C=O) groups is 1. The van der Waals surface area contributed by atoms with E-state index in [4.69, 9.17) is 14.7 Å². The molecule has 0 fully saturated rings. The second-order valence-corrected chi connectivity index (χ2v) is 6.73. The summed E-state index contributed by atoms with van der Waals surface area (Å²) >= 11 is 1.20. The van der Waals surface area contributed by atoms with Crippen molar-refractivity contribution in [3.05, 3.63) is 81.1 Å². The topological polar surface area (TPSA) is 72.2 Å². The van der Waals surface area contributed by atoms with Crippen molar-refractivity contribution in [2.45, 2.75) is 20.1 Å². The third-order valence-corrected chi connectivity index (χ3v) is 4.77. The van der Waals surface area contributed by atoms with Gasteiger partial charge in [0.2, 0.25) is 0 Å². The molecule has 5 nitrogen and oxygen atoms in total. The van der Waals surface area contributed by atoms with Crippen molar-refractivity contribution in [2.75, 3.05) is 0 Å². The lowest BCUT2D eigenvalue weighted by molar-refractivity contribution is 0.0477. The first-order chi connectivity index (χ1) is 13.0. The van der Waals surface area contributed by atoms with Gasteiger partial charge >= 0.3 is 5.97 Å². The zero-order valence-corrected chi connectivity index (χ0v) is 15.3. The van der Waals surface area contributed by atoms with Gasteiger partial charge < -0.3 is 9.47 Å². The molecule has 7 heteroatoms. The molecular formula is C20H15FN2O3S. The Labute approximate surface area is 159 Å². The summed E-state index contributed by atoms with van der Waals surface area (Å²) in [6.07, 6.45) is 0. The molecule has 0 saturated carbocycles. The molecule has 0 spiro atoms. The maximum atomic E-state index is 12.9. The number of esters is 1. The minimum absolute atomic E-state index is 0.114. The summed E-state index contributed by atoms with van der Waals surface area (Å²) in [5, 5.41) is 9.42.